The van der Waals surface area contributed by atoms with Crippen molar-refractivity contribution in [1.82, 2.24) is 0 Å². The Kier molecular flexibility index (Phi) is 5.65. The maximum absolute atomic E-state index is 12.9. The largest absolute Gasteiger partial charge is 0.497 e. The molecule has 0 amide bonds. The van der Waals surface area contributed by atoms with E-state index < -0.39 is 0 Å². The Bertz CT molecular complexity index is 1360. The van der Waals surface area contributed by atoms with E-state index in [2.05, 4.69) is 18.2 Å². The zero-order valence-electron chi connectivity index (χ0n) is 19.2. The van der Waals surface area contributed by atoms with Crippen LogP contribution in [0.5, 0.6) is 11.5 Å². The van der Waals surface area contributed by atoms with Crippen molar-refractivity contribution in [2.24, 2.45) is 0 Å². The summed E-state index contributed by atoms with van der Waals surface area (Å²) >= 11 is 0. The number of rotatable bonds is 5. The van der Waals surface area contributed by atoms with Crippen LogP contribution in [0.2, 0.25) is 0 Å². The Morgan fingerprint density at radius 3 is 2.45 bits per heavy atom. The molecule has 0 aliphatic carbocycles. The molecule has 0 fully saturated rings. The summed E-state index contributed by atoms with van der Waals surface area (Å²) in [6.07, 6.45) is 0.562. The first-order valence-electron chi connectivity index (χ1n) is 11.3. The number of quaternary nitrogens is 1. The summed E-state index contributed by atoms with van der Waals surface area (Å²) in [5.74, 6) is 1.71. The van der Waals surface area contributed by atoms with Crippen molar-refractivity contribution in [2.75, 3.05) is 13.8 Å². The lowest BCUT2D eigenvalue weighted by Crippen LogP contribution is -3.10. The maximum Gasteiger partial charge on any atom is 0.340 e. The second-order valence-corrected chi connectivity index (χ2v) is 8.76. The van der Waals surface area contributed by atoms with Gasteiger partial charge in [-0.1, -0.05) is 30.3 Å². The summed E-state index contributed by atoms with van der Waals surface area (Å²) in [4.78, 5) is 14.2. The molecule has 168 valence electrons. The summed E-state index contributed by atoms with van der Waals surface area (Å²) in [6.45, 7) is 6.29. The number of ether oxygens (including phenoxy) is 2. The van der Waals surface area contributed by atoms with Gasteiger partial charge in [0.1, 0.15) is 30.2 Å². The monoisotopic (exact) mass is 442 g/mol. The van der Waals surface area contributed by atoms with E-state index in [0.29, 0.717) is 24.3 Å². The SMILES string of the molecule is COc1ccc(C[NH+]2COc3c(cc4c(C)c(Cc5ccccc5)c(=O)oc4c3C)C2)cc1. The Balaban J connectivity index is 1.48. The van der Waals surface area contributed by atoms with Crippen LogP contribution in [-0.4, -0.2) is 13.8 Å². The van der Waals surface area contributed by atoms with Gasteiger partial charge in [0.2, 0.25) is 6.73 Å². The number of benzene rings is 3. The molecule has 0 radical (unpaired) electrons. The molecule has 5 heteroatoms. The van der Waals surface area contributed by atoms with Crippen LogP contribution in [0, 0.1) is 13.8 Å². The van der Waals surface area contributed by atoms with Crippen LogP contribution in [0.25, 0.3) is 11.0 Å². The fraction of sp³-hybridized carbons (Fsp3) is 0.250. The molecule has 33 heavy (non-hydrogen) atoms. The predicted molar refractivity (Wildman–Crippen MR) is 128 cm³/mol. The van der Waals surface area contributed by atoms with Gasteiger partial charge in [0.05, 0.1) is 7.11 Å². The zero-order valence-corrected chi connectivity index (χ0v) is 19.2. The first-order valence-corrected chi connectivity index (χ1v) is 11.3. The molecule has 0 saturated heterocycles. The van der Waals surface area contributed by atoms with Crippen LogP contribution < -0.4 is 20.0 Å². The van der Waals surface area contributed by atoms with Gasteiger partial charge in [-0.25, -0.2) is 4.79 Å². The van der Waals surface area contributed by atoms with Gasteiger partial charge in [-0.15, -0.1) is 0 Å². The molecule has 5 nitrogen and oxygen atoms in total. The van der Waals surface area contributed by atoms with E-state index >= 15 is 0 Å². The Labute approximate surface area is 193 Å². The van der Waals surface area contributed by atoms with Gasteiger partial charge in [0.15, 0.2) is 0 Å². The number of methoxy groups -OCH3 is 1. The highest BCUT2D eigenvalue weighted by Crippen LogP contribution is 2.34. The number of aryl methyl sites for hydroxylation is 2. The molecule has 1 aliphatic rings. The average Bonchev–Trinajstić information content (AvgIpc) is 2.84. The topological polar surface area (TPSA) is 53.1 Å². The van der Waals surface area contributed by atoms with Crippen molar-refractivity contribution in [3.63, 3.8) is 0 Å². The average molecular weight is 443 g/mol. The van der Waals surface area contributed by atoms with Crippen molar-refractivity contribution in [3.8, 4) is 11.5 Å². The van der Waals surface area contributed by atoms with Gasteiger partial charge >= 0.3 is 5.63 Å². The first-order chi connectivity index (χ1) is 16.0. The Morgan fingerprint density at radius 1 is 0.970 bits per heavy atom. The van der Waals surface area contributed by atoms with Crippen molar-refractivity contribution >= 4 is 11.0 Å². The number of hydrogen-bond acceptors (Lipinski definition) is 4. The van der Waals surface area contributed by atoms with E-state index in [4.69, 9.17) is 13.9 Å². The van der Waals surface area contributed by atoms with E-state index in [1.165, 1.54) is 10.5 Å². The van der Waals surface area contributed by atoms with Gasteiger partial charge in [-0.2, -0.15) is 0 Å². The highest BCUT2D eigenvalue weighted by Gasteiger charge is 2.26. The second-order valence-electron chi connectivity index (χ2n) is 8.76. The van der Waals surface area contributed by atoms with Gasteiger partial charge < -0.3 is 13.9 Å². The molecule has 1 atom stereocenters. The van der Waals surface area contributed by atoms with Crippen molar-refractivity contribution in [2.45, 2.75) is 33.4 Å². The lowest BCUT2D eigenvalue weighted by atomic mass is 9.96. The lowest BCUT2D eigenvalue weighted by molar-refractivity contribution is -0.945. The summed E-state index contributed by atoms with van der Waals surface area (Å²) in [6, 6.07) is 20.4. The molecule has 0 bridgehead atoms. The molecule has 0 saturated carbocycles. The third-order valence-corrected chi connectivity index (χ3v) is 6.53. The van der Waals surface area contributed by atoms with E-state index in [0.717, 1.165) is 52.2 Å². The highest BCUT2D eigenvalue weighted by atomic mass is 16.5. The normalized spacial score (nSPS) is 15.2. The van der Waals surface area contributed by atoms with Gasteiger partial charge in [0.25, 0.3) is 0 Å². The van der Waals surface area contributed by atoms with E-state index in [-0.39, 0.29) is 5.63 Å². The number of hydrogen-bond donors (Lipinski definition) is 1. The third kappa shape index (κ3) is 4.12. The second kappa shape index (κ2) is 8.75. The predicted octanol–water partition coefficient (Wildman–Crippen LogP) is 3.94. The quantitative estimate of drug-likeness (QED) is 0.476. The molecule has 5 rings (SSSR count). The van der Waals surface area contributed by atoms with Gasteiger partial charge in [0, 0.05) is 34.1 Å². The fourth-order valence-corrected chi connectivity index (χ4v) is 4.71. The van der Waals surface area contributed by atoms with Crippen LogP contribution in [0.3, 0.4) is 0 Å². The zero-order chi connectivity index (χ0) is 22.9. The Hall–Kier alpha value is -3.57. The number of fused-ring (bicyclic) bond motifs is 2. The molecule has 2 heterocycles. The molecule has 1 N–H and O–H groups in total. The van der Waals surface area contributed by atoms with E-state index in [9.17, 15) is 4.79 Å². The van der Waals surface area contributed by atoms with Crippen LogP contribution in [0.4, 0.5) is 0 Å². The Morgan fingerprint density at radius 2 is 1.73 bits per heavy atom. The van der Waals surface area contributed by atoms with Crippen LogP contribution in [-0.2, 0) is 19.5 Å². The van der Waals surface area contributed by atoms with E-state index in [1.54, 1.807) is 7.11 Å². The maximum atomic E-state index is 12.9. The van der Waals surface area contributed by atoms with Crippen molar-refractivity contribution in [1.29, 1.82) is 0 Å². The summed E-state index contributed by atoms with van der Waals surface area (Å²) in [7, 11) is 1.68. The molecule has 4 aromatic rings. The molecular weight excluding hydrogens is 414 g/mol. The first kappa shape index (κ1) is 21.3. The highest BCUT2D eigenvalue weighted by molar-refractivity contribution is 5.87. The molecule has 1 aromatic heterocycles. The summed E-state index contributed by atoms with van der Waals surface area (Å²) in [5.41, 5.74) is 6.45. The summed E-state index contributed by atoms with van der Waals surface area (Å²) in [5, 5.41) is 0.992. The lowest BCUT2D eigenvalue weighted by Gasteiger charge is -2.28. The van der Waals surface area contributed by atoms with E-state index in [1.807, 2.05) is 56.3 Å². The number of nitrogens with one attached hydrogen (secondary N) is 1. The molecular formula is C28H28NO4+. The minimum absolute atomic E-state index is 0.269. The molecule has 1 aliphatic heterocycles. The van der Waals surface area contributed by atoms with Gasteiger partial charge in [-0.05, 0) is 55.3 Å². The minimum Gasteiger partial charge on any atom is -0.497 e. The van der Waals surface area contributed by atoms with Crippen molar-refractivity contribution < 1.29 is 18.8 Å². The van der Waals surface area contributed by atoms with Crippen LogP contribution in [0.15, 0.2) is 69.9 Å². The fourth-order valence-electron chi connectivity index (χ4n) is 4.71. The van der Waals surface area contributed by atoms with Gasteiger partial charge in [-0.3, -0.25) is 4.90 Å². The summed E-state index contributed by atoms with van der Waals surface area (Å²) < 4.78 is 17.3. The molecule has 3 aromatic carbocycles. The standard InChI is InChI=1S/C28H27NO4/c1-18-24-14-22-16-29(15-21-9-11-23(31-3)12-10-21)17-32-26(22)19(2)27(24)33-28(30)25(18)13-20-7-5-4-6-8-20/h4-12,14H,13,15-17H2,1-3H3/p+1. The van der Waals surface area contributed by atoms with Crippen LogP contribution >= 0.6 is 0 Å². The molecule has 0 spiro atoms. The van der Waals surface area contributed by atoms with Crippen molar-refractivity contribution in [3.05, 3.63) is 104 Å². The van der Waals surface area contributed by atoms with Crippen LogP contribution in [0.1, 0.15) is 33.4 Å². The molecule has 1 unspecified atom stereocenters. The third-order valence-electron chi connectivity index (χ3n) is 6.53. The smallest absolute Gasteiger partial charge is 0.340 e. The minimum atomic E-state index is -0.269.